The number of aryl methyl sites for hydroxylation is 2. The predicted molar refractivity (Wildman–Crippen MR) is 97.2 cm³/mol. The topological polar surface area (TPSA) is 46.9 Å². The summed E-state index contributed by atoms with van der Waals surface area (Å²) in [5.41, 5.74) is 5.26. The molecule has 0 fully saturated rings. The van der Waals surface area contributed by atoms with Crippen molar-refractivity contribution in [3.8, 4) is 0 Å². The molecule has 3 aromatic rings. The number of carbonyl (C=O) groups is 1. The van der Waals surface area contributed by atoms with E-state index in [1.807, 2.05) is 41.8 Å². The Hall–Kier alpha value is -2.33. The van der Waals surface area contributed by atoms with Gasteiger partial charge in [-0.05, 0) is 61.7 Å². The minimum atomic E-state index is -0.102. The van der Waals surface area contributed by atoms with E-state index in [4.69, 9.17) is 11.6 Å². The number of nitrogens with zero attached hydrogens (tertiary/aromatic N) is 2. The quantitative estimate of drug-likeness (QED) is 0.773. The summed E-state index contributed by atoms with van der Waals surface area (Å²) in [6.07, 6.45) is 1.72. The Morgan fingerprint density at radius 3 is 2.75 bits per heavy atom. The molecule has 1 aromatic heterocycles. The van der Waals surface area contributed by atoms with Crippen LogP contribution in [0, 0.1) is 13.8 Å². The predicted octanol–water partition coefficient (Wildman–Crippen LogP) is 4.18. The second kappa shape index (κ2) is 6.65. The summed E-state index contributed by atoms with van der Waals surface area (Å²) >= 11 is 6.01. The molecule has 5 heteroatoms. The monoisotopic (exact) mass is 341 g/mol. The number of benzene rings is 2. The fourth-order valence-corrected chi connectivity index (χ4v) is 2.94. The second-order valence-electron chi connectivity index (χ2n) is 6.14. The van der Waals surface area contributed by atoms with Gasteiger partial charge in [0.15, 0.2) is 0 Å². The van der Waals surface area contributed by atoms with Crippen molar-refractivity contribution < 1.29 is 4.79 Å². The fourth-order valence-electron chi connectivity index (χ4n) is 2.74. The fraction of sp³-hybridized carbons (Fsp3) is 0.263. The number of hydrogen-bond acceptors (Lipinski definition) is 2. The molecule has 124 valence electrons. The lowest BCUT2D eigenvalue weighted by Gasteiger charge is -2.15. The molecule has 0 aliphatic heterocycles. The Morgan fingerprint density at radius 2 is 2.00 bits per heavy atom. The lowest BCUT2D eigenvalue weighted by atomic mass is 10.1. The second-order valence-corrected chi connectivity index (χ2v) is 6.58. The van der Waals surface area contributed by atoms with Crippen LogP contribution in [0.25, 0.3) is 11.0 Å². The Morgan fingerprint density at radius 1 is 1.25 bits per heavy atom. The van der Waals surface area contributed by atoms with E-state index in [2.05, 4.69) is 30.2 Å². The maximum absolute atomic E-state index is 12.4. The van der Waals surface area contributed by atoms with E-state index < -0.39 is 0 Å². The lowest BCUT2D eigenvalue weighted by Crippen LogP contribution is -2.29. The Kier molecular flexibility index (Phi) is 4.58. The van der Waals surface area contributed by atoms with Crippen LogP contribution in [0.2, 0.25) is 5.02 Å². The molecule has 0 saturated carbocycles. The summed E-state index contributed by atoms with van der Waals surface area (Å²) in [6, 6.07) is 11.5. The highest BCUT2D eigenvalue weighted by Gasteiger charge is 2.12. The molecule has 1 amide bonds. The minimum absolute atomic E-state index is 0.0556. The molecule has 1 unspecified atom stereocenters. The van der Waals surface area contributed by atoms with E-state index in [0.29, 0.717) is 5.02 Å². The zero-order valence-corrected chi connectivity index (χ0v) is 14.8. The molecule has 0 bridgehead atoms. The number of rotatable bonds is 4. The van der Waals surface area contributed by atoms with Crippen LogP contribution in [-0.2, 0) is 11.3 Å². The van der Waals surface area contributed by atoms with Crippen molar-refractivity contribution >= 4 is 28.5 Å². The third-order valence-electron chi connectivity index (χ3n) is 4.28. The molecule has 0 saturated heterocycles. The van der Waals surface area contributed by atoms with Crippen LogP contribution in [-0.4, -0.2) is 15.5 Å². The maximum atomic E-state index is 12.4. The number of fused-ring (bicyclic) bond motifs is 1. The summed E-state index contributed by atoms with van der Waals surface area (Å²) in [4.78, 5) is 16.8. The summed E-state index contributed by atoms with van der Waals surface area (Å²) in [5, 5.41) is 3.67. The van der Waals surface area contributed by atoms with Gasteiger partial charge >= 0.3 is 0 Å². The highest BCUT2D eigenvalue weighted by Crippen LogP contribution is 2.19. The van der Waals surface area contributed by atoms with Crippen molar-refractivity contribution in [2.75, 3.05) is 0 Å². The Balaban J connectivity index is 1.74. The summed E-state index contributed by atoms with van der Waals surface area (Å²) < 4.78 is 1.88. The van der Waals surface area contributed by atoms with Crippen LogP contribution < -0.4 is 5.32 Å². The van der Waals surface area contributed by atoms with E-state index >= 15 is 0 Å². The van der Waals surface area contributed by atoms with E-state index in [1.165, 1.54) is 11.1 Å². The summed E-state index contributed by atoms with van der Waals surface area (Å²) in [6.45, 7) is 6.31. The van der Waals surface area contributed by atoms with Gasteiger partial charge in [0, 0.05) is 5.02 Å². The van der Waals surface area contributed by atoms with E-state index in [-0.39, 0.29) is 18.5 Å². The van der Waals surface area contributed by atoms with Gasteiger partial charge in [-0.15, -0.1) is 0 Å². The third kappa shape index (κ3) is 3.44. The molecule has 24 heavy (non-hydrogen) atoms. The van der Waals surface area contributed by atoms with Crippen LogP contribution in [0.3, 0.4) is 0 Å². The molecule has 4 nitrogen and oxygen atoms in total. The van der Waals surface area contributed by atoms with Crippen molar-refractivity contribution in [3.63, 3.8) is 0 Å². The lowest BCUT2D eigenvalue weighted by molar-refractivity contribution is -0.122. The molecule has 1 atom stereocenters. The smallest absolute Gasteiger partial charge is 0.240 e. The average Bonchev–Trinajstić information content (AvgIpc) is 2.89. The van der Waals surface area contributed by atoms with Crippen molar-refractivity contribution in [1.82, 2.24) is 14.9 Å². The first-order valence-corrected chi connectivity index (χ1v) is 8.29. The molecule has 1 heterocycles. The number of hydrogen-bond donors (Lipinski definition) is 1. The number of nitrogens with one attached hydrogen (secondary N) is 1. The van der Waals surface area contributed by atoms with Gasteiger partial charge in [0.2, 0.25) is 5.91 Å². The van der Waals surface area contributed by atoms with Crippen molar-refractivity contribution in [2.24, 2.45) is 0 Å². The maximum Gasteiger partial charge on any atom is 0.240 e. The van der Waals surface area contributed by atoms with Crippen LogP contribution in [0.4, 0.5) is 0 Å². The number of imidazole rings is 1. The largest absolute Gasteiger partial charge is 0.348 e. The first kappa shape index (κ1) is 16.5. The van der Waals surface area contributed by atoms with E-state index in [1.54, 1.807) is 6.33 Å². The zero-order chi connectivity index (χ0) is 17.3. The molecule has 1 N–H and O–H groups in total. The molecule has 2 aromatic carbocycles. The van der Waals surface area contributed by atoms with Gasteiger partial charge in [0.25, 0.3) is 0 Å². The number of amides is 1. The molecule has 0 aliphatic carbocycles. The Bertz CT molecular complexity index is 901. The molecular formula is C19H20ClN3O. The van der Waals surface area contributed by atoms with Crippen LogP contribution in [0.1, 0.15) is 29.7 Å². The molecule has 3 rings (SSSR count). The van der Waals surface area contributed by atoms with Gasteiger partial charge in [-0.3, -0.25) is 4.79 Å². The number of halogens is 1. The molecule has 0 spiro atoms. The highest BCUT2D eigenvalue weighted by atomic mass is 35.5. The number of carbonyl (C=O) groups excluding carboxylic acids is 1. The van der Waals surface area contributed by atoms with Crippen LogP contribution in [0.15, 0.2) is 42.7 Å². The van der Waals surface area contributed by atoms with E-state index in [0.717, 1.165) is 16.6 Å². The molecular weight excluding hydrogens is 322 g/mol. The first-order chi connectivity index (χ1) is 11.4. The standard InChI is InChI=1S/C19H20ClN3O/c1-12-7-17-18(8-13(12)2)23(11-21-17)10-19(24)22-14(3)15-5-4-6-16(20)9-15/h4-9,11,14H,10H2,1-3H3,(H,22,24). The zero-order valence-electron chi connectivity index (χ0n) is 14.0. The van der Waals surface area contributed by atoms with Gasteiger partial charge in [0.05, 0.1) is 23.4 Å². The van der Waals surface area contributed by atoms with Gasteiger partial charge < -0.3 is 9.88 Å². The van der Waals surface area contributed by atoms with Crippen molar-refractivity contribution in [2.45, 2.75) is 33.4 Å². The summed E-state index contributed by atoms with van der Waals surface area (Å²) in [5.74, 6) is -0.0556. The first-order valence-electron chi connectivity index (χ1n) is 7.91. The Labute approximate surface area is 146 Å². The summed E-state index contributed by atoms with van der Waals surface area (Å²) in [7, 11) is 0. The normalized spacial score (nSPS) is 12.3. The highest BCUT2D eigenvalue weighted by molar-refractivity contribution is 6.30. The minimum Gasteiger partial charge on any atom is -0.348 e. The van der Waals surface area contributed by atoms with Gasteiger partial charge in [-0.25, -0.2) is 4.98 Å². The van der Waals surface area contributed by atoms with E-state index in [9.17, 15) is 4.79 Å². The molecule has 0 radical (unpaired) electrons. The molecule has 0 aliphatic rings. The van der Waals surface area contributed by atoms with Crippen molar-refractivity contribution in [3.05, 3.63) is 64.4 Å². The SMILES string of the molecule is Cc1cc2ncn(CC(=O)NC(C)c3cccc(Cl)c3)c2cc1C. The average molecular weight is 342 g/mol. The van der Waals surface area contributed by atoms with Crippen molar-refractivity contribution in [1.29, 1.82) is 0 Å². The van der Waals surface area contributed by atoms with Gasteiger partial charge in [-0.1, -0.05) is 23.7 Å². The van der Waals surface area contributed by atoms with Gasteiger partial charge in [-0.2, -0.15) is 0 Å². The number of aromatic nitrogens is 2. The van der Waals surface area contributed by atoms with Crippen LogP contribution >= 0.6 is 11.6 Å². The van der Waals surface area contributed by atoms with Gasteiger partial charge in [0.1, 0.15) is 6.54 Å². The third-order valence-corrected chi connectivity index (χ3v) is 4.51. The van der Waals surface area contributed by atoms with Crippen LogP contribution in [0.5, 0.6) is 0 Å².